The molecule has 0 aliphatic carbocycles. The highest BCUT2D eigenvalue weighted by Gasteiger charge is 2.40. The summed E-state index contributed by atoms with van der Waals surface area (Å²) in [4.78, 5) is 31.6. The Morgan fingerprint density at radius 2 is 2.17 bits per heavy atom. The van der Waals surface area contributed by atoms with Crippen molar-refractivity contribution in [1.82, 2.24) is 15.2 Å². The standard InChI is InChI=1S/C21H25N3O4S/c1-4-9-28-21(27)24-11-17(25)10-18(24)20(26)23-13(2)15-5-7-16(8-6-15)19-14(3)22-12-29-19/h4-8,12-13,17-18,25H,1,9-11H2,2-3H3,(H,23,26)/t13-,17+,18-/m0/s1. The minimum atomic E-state index is -0.760. The molecule has 1 fully saturated rings. The number of aryl methyl sites for hydroxylation is 1. The van der Waals surface area contributed by atoms with Gasteiger partial charge in [-0.25, -0.2) is 9.78 Å². The minimum absolute atomic E-state index is 0.0573. The van der Waals surface area contributed by atoms with Crippen molar-refractivity contribution in [3.63, 3.8) is 0 Å². The molecule has 1 saturated heterocycles. The van der Waals surface area contributed by atoms with Crippen molar-refractivity contribution in [2.45, 2.75) is 38.5 Å². The van der Waals surface area contributed by atoms with Crippen LogP contribution in [0.25, 0.3) is 10.4 Å². The van der Waals surface area contributed by atoms with Crippen LogP contribution in [0.5, 0.6) is 0 Å². The highest BCUT2D eigenvalue weighted by Crippen LogP contribution is 2.28. The van der Waals surface area contributed by atoms with Gasteiger partial charge in [0.1, 0.15) is 12.6 Å². The summed E-state index contributed by atoms with van der Waals surface area (Å²) in [6, 6.07) is 6.96. The molecular formula is C21H25N3O4S. The molecule has 0 spiro atoms. The molecular weight excluding hydrogens is 390 g/mol. The lowest BCUT2D eigenvalue weighted by atomic mass is 10.0. The van der Waals surface area contributed by atoms with Crippen LogP contribution in [0.3, 0.4) is 0 Å². The van der Waals surface area contributed by atoms with Gasteiger partial charge in [-0.3, -0.25) is 9.69 Å². The Morgan fingerprint density at radius 1 is 1.45 bits per heavy atom. The van der Waals surface area contributed by atoms with Crippen LogP contribution in [0, 0.1) is 6.92 Å². The molecule has 29 heavy (non-hydrogen) atoms. The SMILES string of the molecule is C=CCOC(=O)N1C[C@H](O)C[C@H]1C(=O)N[C@@H](C)c1ccc(-c2scnc2C)cc1. The van der Waals surface area contributed by atoms with Crippen molar-refractivity contribution in [3.05, 3.63) is 53.7 Å². The van der Waals surface area contributed by atoms with Gasteiger partial charge in [0.25, 0.3) is 0 Å². The summed E-state index contributed by atoms with van der Waals surface area (Å²) in [6.45, 7) is 7.50. The summed E-state index contributed by atoms with van der Waals surface area (Å²) in [5.74, 6) is -0.313. The lowest BCUT2D eigenvalue weighted by molar-refractivity contribution is -0.125. The van der Waals surface area contributed by atoms with E-state index in [4.69, 9.17) is 4.74 Å². The average molecular weight is 416 g/mol. The number of β-amino-alcohol motifs (C(OH)–C–C–N with tert-alkyl or cyclic N) is 1. The number of aliphatic hydroxyl groups excluding tert-OH is 1. The van der Waals surface area contributed by atoms with Crippen molar-refractivity contribution < 1.29 is 19.4 Å². The van der Waals surface area contributed by atoms with Crippen molar-refractivity contribution in [2.75, 3.05) is 13.2 Å². The van der Waals surface area contributed by atoms with Gasteiger partial charge in [-0.15, -0.1) is 11.3 Å². The zero-order valence-electron chi connectivity index (χ0n) is 16.5. The molecule has 1 aliphatic heterocycles. The monoisotopic (exact) mass is 415 g/mol. The first-order valence-corrected chi connectivity index (χ1v) is 10.3. The molecule has 1 aliphatic rings. The number of hydrogen-bond acceptors (Lipinski definition) is 6. The second kappa shape index (κ2) is 9.19. The van der Waals surface area contributed by atoms with Crippen LogP contribution in [-0.2, 0) is 9.53 Å². The Hall–Kier alpha value is -2.71. The Kier molecular flexibility index (Phi) is 6.66. The molecule has 2 N–H and O–H groups in total. The molecule has 2 amide bonds. The van der Waals surface area contributed by atoms with E-state index >= 15 is 0 Å². The van der Waals surface area contributed by atoms with E-state index in [-0.39, 0.29) is 31.5 Å². The third-order valence-corrected chi connectivity index (χ3v) is 5.90. The number of amides is 2. The van der Waals surface area contributed by atoms with Gasteiger partial charge in [0, 0.05) is 6.42 Å². The molecule has 3 atom stereocenters. The summed E-state index contributed by atoms with van der Waals surface area (Å²) >= 11 is 1.59. The zero-order valence-corrected chi connectivity index (χ0v) is 17.3. The first-order valence-electron chi connectivity index (χ1n) is 9.43. The van der Waals surface area contributed by atoms with Gasteiger partial charge in [0.2, 0.25) is 5.91 Å². The number of thiazole rings is 1. The predicted octanol–water partition coefficient (Wildman–Crippen LogP) is 3.05. The van der Waals surface area contributed by atoms with Gasteiger partial charge in [0.05, 0.1) is 34.8 Å². The van der Waals surface area contributed by atoms with Crippen LogP contribution in [-0.4, -0.2) is 52.3 Å². The summed E-state index contributed by atoms with van der Waals surface area (Å²) in [5, 5.41) is 12.9. The molecule has 0 bridgehead atoms. The number of ether oxygens (including phenoxy) is 1. The molecule has 1 aromatic carbocycles. The van der Waals surface area contributed by atoms with Crippen molar-refractivity contribution >= 4 is 23.3 Å². The normalized spacial score (nSPS) is 19.6. The van der Waals surface area contributed by atoms with Gasteiger partial charge < -0.3 is 15.2 Å². The van der Waals surface area contributed by atoms with Crippen LogP contribution in [0.2, 0.25) is 0 Å². The minimum Gasteiger partial charge on any atom is -0.445 e. The zero-order chi connectivity index (χ0) is 21.0. The summed E-state index contributed by atoms with van der Waals surface area (Å²) in [7, 11) is 0. The Morgan fingerprint density at radius 3 is 2.79 bits per heavy atom. The number of nitrogens with zero attached hydrogens (tertiary/aromatic N) is 2. The number of benzene rings is 1. The molecule has 2 aromatic rings. The Balaban J connectivity index is 1.65. The van der Waals surface area contributed by atoms with Gasteiger partial charge in [-0.2, -0.15) is 0 Å². The Bertz CT molecular complexity index is 880. The van der Waals surface area contributed by atoms with E-state index in [0.717, 1.165) is 21.7 Å². The number of rotatable bonds is 6. The van der Waals surface area contributed by atoms with E-state index in [0.29, 0.717) is 0 Å². The number of carbonyl (C=O) groups is 2. The highest BCUT2D eigenvalue weighted by molar-refractivity contribution is 7.13. The van der Waals surface area contributed by atoms with Crippen molar-refractivity contribution in [2.24, 2.45) is 0 Å². The van der Waals surface area contributed by atoms with Gasteiger partial charge in [-0.1, -0.05) is 36.9 Å². The lowest BCUT2D eigenvalue weighted by Gasteiger charge is -2.24. The first-order chi connectivity index (χ1) is 13.9. The molecule has 0 unspecified atom stereocenters. The lowest BCUT2D eigenvalue weighted by Crippen LogP contribution is -2.46. The quantitative estimate of drug-likeness (QED) is 0.708. The van der Waals surface area contributed by atoms with E-state index in [1.165, 1.54) is 11.0 Å². The number of likely N-dealkylation sites (tertiary alicyclic amines) is 1. The van der Waals surface area contributed by atoms with E-state index in [2.05, 4.69) is 16.9 Å². The molecule has 3 rings (SSSR count). The van der Waals surface area contributed by atoms with E-state index in [9.17, 15) is 14.7 Å². The molecule has 2 heterocycles. The average Bonchev–Trinajstić information content (AvgIpc) is 3.31. The van der Waals surface area contributed by atoms with Gasteiger partial charge in [0.15, 0.2) is 0 Å². The van der Waals surface area contributed by atoms with Crippen LogP contribution >= 0.6 is 11.3 Å². The number of aromatic nitrogens is 1. The van der Waals surface area contributed by atoms with Crippen LogP contribution < -0.4 is 5.32 Å². The highest BCUT2D eigenvalue weighted by atomic mass is 32.1. The molecule has 154 valence electrons. The van der Waals surface area contributed by atoms with E-state index in [1.807, 2.05) is 43.6 Å². The summed E-state index contributed by atoms with van der Waals surface area (Å²) in [6.07, 6.45) is 0.266. The maximum absolute atomic E-state index is 12.8. The number of carbonyl (C=O) groups excluding carboxylic acids is 2. The molecule has 0 saturated carbocycles. The number of nitrogens with one attached hydrogen (secondary N) is 1. The topological polar surface area (TPSA) is 91.8 Å². The van der Waals surface area contributed by atoms with E-state index < -0.39 is 18.2 Å². The summed E-state index contributed by atoms with van der Waals surface area (Å²) < 4.78 is 5.03. The summed E-state index contributed by atoms with van der Waals surface area (Å²) in [5.41, 5.74) is 4.85. The fourth-order valence-corrected chi connectivity index (χ4v) is 4.18. The predicted molar refractivity (Wildman–Crippen MR) is 112 cm³/mol. The second-order valence-corrected chi connectivity index (χ2v) is 7.90. The largest absolute Gasteiger partial charge is 0.445 e. The Labute approximate surface area is 174 Å². The molecule has 8 heteroatoms. The van der Waals surface area contributed by atoms with E-state index in [1.54, 1.807) is 11.3 Å². The van der Waals surface area contributed by atoms with Crippen molar-refractivity contribution in [1.29, 1.82) is 0 Å². The number of hydrogen-bond donors (Lipinski definition) is 2. The molecule has 1 aromatic heterocycles. The molecule has 7 nitrogen and oxygen atoms in total. The molecule has 0 radical (unpaired) electrons. The maximum Gasteiger partial charge on any atom is 0.410 e. The van der Waals surface area contributed by atoms with Gasteiger partial charge >= 0.3 is 6.09 Å². The fraction of sp³-hybridized carbons (Fsp3) is 0.381. The third kappa shape index (κ3) is 4.83. The van der Waals surface area contributed by atoms with Crippen molar-refractivity contribution in [3.8, 4) is 10.4 Å². The smallest absolute Gasteiger partial charge is 0.410 e. The third-order valence-electron chi connectivity index (χ3n) is 4.92. The number of aliphatic hydroxyl groups is 1. The van der Waals surface area contributed by atoms with Crippen LogP contribution in [0.15, 0.2) is 42.4 Å². The maximum atomic E-state index is 12.8. The van der Waals surface area contributed by atoms with Gasteiger partial charge in [-0.05, 0) is 25.0 Å². The van der Waals surface area contributed by atoms with Crippen LogP contribution in [0.1, 0.15) is 30.6 Å². The fourth-order valence-electron chi connectivity index (χ4n) is 3.37. The second-order valence-electron chi connectivity index (χ2n) is 7.04. The first kappa shape index (κ1) is 21.0. The van der Waals surface area contributed by atoms with Crippen LogP contribution in [0.4, 0.5) is 4.79 Å².